The molecule has 2 nitrogen and oxygen atoms in total. The summed E-state index contributed by atoms with van der Waals surface area (Å²) in [5.74, 6) is 4.56. The van der Waals surface area contributed by atoms with Crippen molar-refractivity contribution in [1.82, 2.24) is 5.32 Å². The van der Waals surface area contributed by atoms with Crippen molar-refractivity contribution in [2.45, 2.75) is 117 Å². The molecule has 1 N–H and O–H groups in total. The summed E-state index contributed by atoms with van der Waals surface area (Å²) in [6.45, 7) is 9.78. The van der Waals surface area contributed by atoms with Gasteiger partial charge in [0.25, 0.3) is 0 Å². The first-order chi connectivity index (χ1) is 13.3. The largest absolute Gasteiger partial charge is 0.353 e. The molecule has 2 heteroatoms. The van der Waals surface area contributed by atoms with Crippen molar-refractivity contribution in [2.75, 3.05) is 0 Å². The maximum atomic E-state index is 13.6. The lowest BCUT2D eigenvalue weighted by Gasteiger charge is -2.61. The van der Waals surface area contributed by atoms with Gasteiger partial charge in [0.1, 0.15) is 0 Å². The third-order valence-corrected chi connectivity index (χ3v) is 10.1. The molecule has 4 aliphatic rings. The quantitative estimate of drug-likeness (QED) is 0.571. The van der Waals surface area contributed by atoms with Gasteiger partial charge in [0, 0.05) is 11.5 Å². The van der Waals surface area contributed by atoms with Crippen molar-refractivity contribution in [1.29, 1.82) is 0 Å². The Bertz CT molecular complexity index is 565. The molecule has 0 spiro atoms. The summed E-state index contributed by atoms with van der Waals surface area (Å²) in [5, 5.41) is 3.53. The average Bonchev–Trinajstić information content (AvgIpc) is 2.68. The predicted octanol–water partition coefficient (Wildman–Crippen LogP) is 6.73. The lowest BCUT2D eigenvalue weighted by molar-refractivity contribution is -0.158. The van der Waals surface area contributed by atoms with Gasteiger partial charge in [-0.3, -0.25) is 4.79 Å². The standard InChI is InChI=1S/C26H45NO/c1-18(2)19-11-13-22-20(17-19)12-14-23-25(22,3)15-8-16-26(23,4)24(28)27-21-9-6-5-7-10-21/h18-23H,5-17H2,1-4H3,(H,27,28)/t19?,20?,22-,23?,25+,26+/m0/s1. The van der Waals surface area contributed by atoms with Crippen LogP contribution in [0.4, 0.5) is 0 Å². The summed E-state index contributed by atoms with van der Waals surface area (Å²) in [6, 6.07) is 0.448. The number of carbonyl (C=O) groups is 1. The maximum Gasteiger partial charge on any atom is 0.226 e. The molecule has 3 unspecified atom stereocenters. The van der Waals surface area contributed by atoms with Crippen molar-refractivity contribution < 1.29 is 4.79 Å². The van der Waals surface area contributed by atoms with E-state index in [0.717, 1.165) is 30.1 Å². The van der Waals surface area contributed by atoms with E-state index in [1.54, 1.807) is 0 Å². The van der Waals surface area contributed by atoms with Crippen LogP contribution in [0.15, 0.2) is 0 Å². The van der Waals surface area contributed by atoms with E-state index in [1.165, 1.54) is 77.0 Å². The van der Waals surface area contributed by atoms with Gasteiger partial charge >= 0.3 is 0 Å². The number of hydrogen-bond acceptors (Lipinski definition) is 1. The van der Waals surface area contributed by atoms with E-state index < -0.39 is 0 Å². The SMILES string of the molecule is CC(C)C1CC[C@H]2C(CCC3[C@](C)(C(=O)NC4CCCCC4)CCC[C@@]32C)C1. The zero-order valence-corrected chi connectivity index (χ0v) is 19.1. The monoisotopic (exact) mass is 387 g/mol. The third-order valence-electron chi connectivity index (χ3n) is 10.1. The Morgan fingerprint density at radius 1 is 0.893 bits per heavy atom. The maximum absolute atomic E-state index is 13.6. The van der Waals surface area contributed by atoms with Crippen LogP contribution in [-0.2, 0) is 4.79 Å². The second kappa shape index (κ2) is 7.95. The minimum absolute atomic E-state index is 0.135. The van der Waals surface area contributed by atoms with Gasteiger partial charge in [-0.05, 0) is 92.8 Å². The zero-order chi connectivity index (χ0) is 19.9. The molecule has 0 aromatic carbocycles. The summed E-state index contributed by atoms with van der Waals surface area (Å²) in [4.78, 5) is 13.6. The fraction of sp³-hybridized carbons (Fsp3) is 0.962. The van der Waals surface area contributed by atoms with Crippen molar-refractivity contribution in [3.63, 3.8) is 0 Å². The molecule has 0 saturated heterocycles. The zero-order valence-electron chi connectivity index (χ0n) is 19.1. The van der Waals surface area contributed by atoms with Gasteiger partial charge in [0.05, 0.1) is 0 Å². The van der Waals surface area contributed by atoms with Crippen molar-refractivity contribution in [3.05, 3.63) is 0 Å². The van der Waals surface area contributed by atoms with Gasteiger partial charge in [-0.25, -0.2) is 0 Å². The van der Waals surface area contributed by atoms with Gasteiger partial charge in [0.2, 0.25) is 5.91 Å². The number of nitrogens with one attached hydrogen (secondary N) is 1. The van der Waals surface area contributed by atoms with Crippen LogP contribution in [-0.4, -0.2) is 11.9 Å². The topological polar surface area (TPSA) is 29.1 Å². The molecule has 28 heavy (non-hydrogen) atoms. The van der Waals surface area contributed by atoms with Gasteiger partial charge in [0.15, 0.2) is 0 Å². The van der Waals surface area contributed by atoms with Gasteiger partial charge < -0.3 is 5.32 Å². The fourth-order valence-corrected chi connectivity index (χ4v) is 8.35. The first kappa shape index (κ1) is 20.7. The van der Waals surface area contributed by atoms with E-state index in [0.29, 0.717) is 23.3 Å². The van der Waals surface area contributed by atoms with Crippen LogP contribution < -0.4 is 5.32 Å². The summed E-state index contributed by atoms with van der Waals surface area (Å²) in [6.07, 6.45) is 17.0. The third kappa shape index (κ3) is 3.56. The molecule has 160 valence electrons. The molecule has 0 bridgehead atoms. The second-order valence-corrected chi connectivity index (χ2v) is 11.9. The highest BCUT2D eigenvalue weighted by atomic mass is 16.2. The Morgan fingerprint density at radius 2 is 1.64 bits per heavy atom. The number of fused-ring (bicyclic) bond motifs is 3. The van der Waals surface area contributed by atoms with Crippen molar-refractivity contribution in [2.24, 2.45) is 40.4 Å². The molecule has 4 saturated carbocycles. The van der Waals surface area contributed by atoms with Crippen molar-refractivity contribution in [3.8, 4) is 0 Å². The normalized spacial score (nSPS) is 44.6. The summed E-state index contributed by atoms with van der Waals surface area (Å²) < 4.78 is 0. The molecular formula is C26H45NO. The van der Waals surface area contributed by atoms with Crippen LogP contribution in [0.5, 0.6) is 0 Å². The molecule has 0 aliphatic heterocycles. The van der Waals surface area contributed by atoms with E-state index in [4.69, 9.17) is 0 Å². The molecule has 4 fully saturated rings. The minimum Gasteiger partial charge on any atom is -0.353 e. The molecular weight excluding hydrogens is 342 g/mol. The number of amides is 1. The summed E-state index contributed by atoms with van der Waals surface area (Å²) >= 11 is 0. The first-order valence-corrected chi connectivity index (χ1v) is 12.7. The van der Waals surface area contributed by atoms with Crippen LogP contribution in [0.2, 0.25) is 0 Å². The molecule has 0 aromatic heterocycles. The number of hydrogen-bond donors (Lipinski definition) is 1. The Hall–Kier alpha value is -0.530. The molecule has 0 aromatic rings. The summed E-state index contributed by atoms with van der Waals surface area (Å²) in [7, 11) is 0. The van der Waals surface area contributed by atoms with Crippen LogP contribution in [0.25, 0.3) is 0 Å². The number of rotatable bonds is 3. The Balaban J connectivity index is 1.51. The molecule has 1 amide bonds. The minimum atomic E-state index is -0.135. The summed E-state index contributed by atoms with van der Waals surface area (Å²) in [5.41, 5.74) is 0.256. The Labute approximate surface area is 174 Å². The van der Waals surface area contributed by atoms with E-state index in [-0.39, 0.29) is 5.41 Å². The highest BCUT2D eigenvalue weighted by Gasteiger charge is 2.59. The van der Waals surface area contributed by atoms with Crippen molar-refractivity contribution >= 4 is 5.91 Å². The first-order valence-electron chi connectivity index (χ1n) is 12.7. The van der Waals surface area contributed by atoms with Gasteiger partial charge in [-0.15, -0.1) is 0 Å². The van der Waals surface area contributed by atoms with E-state index in [1.807, 2.05) is 0 Å². The van der Waals surface area contributed by atoms with E-state index in [9.17, 15) is 4.79 Å². The molecule has 6 atom stereocenters. The Morgan fingerprint density at radius 3 is 2.36 bits per heavy atom. The van der Waals surface area contributed by atoms with Crippen LogP contribution >= 0.6 is 0 Å². The lowest BCUT2D eigenvalue weighted by Crippen LogP contribution is -2.59. The molecule has 4 aliphatic carbocycles. The molecule has 4 rings (SSSR count). The smallest absolute Gasteiger partial charge is 0.226 e. The van der Waals surface area contributed by atoms with E-state index in [2.05, 4.69) is 33.0 Å². The number of carbonyl (C=O) groups excluding carboxylic acids is 1. The van der Waals surface area contributed by atoms with Crippen LogP contribution in [0, 0.1) is 40.4 Å². The van der Waals surface area contributed by atoms with Crippen LogP contribution in [0.1, 0.15) is 111 Å². The Kier molecular flexibility index (Phi) is 5.89. The van der Waals surface area contributed by atoms with Gasteiger partial charge in [-0.1, -0.05) is 53.4 Å². The lowest BCUT2D eigenvalue weighted by atomic mass is 9.43. The molecule has 0 radical (unpaired) electrons. The molecule has 0 heterocycles. The average molecular weight is 388 g/mol. The predicted molar refractivity (Wildman–Crippen MR) is 117 cm³/mol. The highest BCUT2D eigenvalue weighted by Crippen LogP contribution is 2.64. The second-order valence-electron chi connectivity index (χ2n) is 11.9. The van der Waals surface area contributed by atoms with E-state index >= 15 is 0 Å². The highest BCUT2D eigenvalue weighted by molar-refractivity contribution is 5.83. The fourth-order valence-electron chi connectivity index (χ4n) is 8.35. The van der Waals surface area contributed by atoms with Crippen LogP contribution in [0.3, 0.4) is 0 Å². The van der Waals surface area contributed by atoms with Gasteiger partial charge in [-0.2, -0.15) is 0 Å².